The molecule has 0 atom stereocenters. The van der Waals surface area contributed by atoms with Gasteiger partial charge in [-0.15, -0.1) is 0 Å². The summed E-state index contributed by atoms with van der Waals surface area (Å²) in [6.45, 7) is 2.21. The number of nitrogens with zero attached hydrogens (tertiary/aromatic N) is 2. The maximum atomic E-state index is 12.0. The average molecular weight is 342 g/mol. The van der Waals surface area contributed by atoms with Crippen molar-refractivity contribution in [2.45, 2.75) is 13.5 Å². The summed E-state index contributed by atoms with van der Waals surface area (Å²) >= 11 is 5.83. The third-order valence-corrected chi connectivity index (χ3v) is 3.77. The number of carbonyl (C=O) groups excluding carboxylic acids is 1. The molecule has 0 fully saturated rings. The predicted molar refractivity (Wildman–Crippen MR) is 92.6 cm³/mol. The topological polar surface area (TPSA) is 56.1 Å². The van der Waals surface area contributed by atoms with Crippen LogP contribution in [0.3, 0.4) is 0 Å². The molecular formula is C18H16ClN3O2. The Labute approximate surface area is 144 Å². The molecule has 0 unspecified atom stereocenters. The van der Waals surface area contributed by atoms with E-state index in [-0.39, 0.29) is 0 Å². The number of hydrogen-bond acceptors (Lipinski definition) is 3. The summed E-state index contributed by atoms with van der Waals surface area (Å²) in [6.07, 6.45) is 1.00. The van der Waals surface area contributed by atoms with Gasteiger partial charge >= 0.3 is 6.09 Å². The van der Waals surface area contributed by atoms with Crippen LogP contribution in [0.1, 0.15) is 11.3 Å². The molecule has 1 N–H and O–H groups in total. The second-order valence-corrected chi connectivity index (χ2v) is 5.65. The molecule has 3 rings (SSSR count). The van der Waals surface area contributed by atoms with Crippen molar-refractivity contribution in [1.82, 2.24) is 15.1 Å². The quantitative estimate of drug-likeness (QED) is 0.776. The molecular weight excluding hydrogens is 326 g/mol. The first-order valence-corrected chi connectivity index (χ1v) is 7.81. The van der Waals surface area contributed by atoms with Crippen LogP contribution in [0.2, 0.25) is 5.02 Å². The standard InChI is InChI=1S/C18H16ClN3O2/c1-13-17(12-21-22(13)16-5-3-2-4-6-16)24-18(23)20-11-14-7-9-15(19)10-8-14/h2-10,12H,11H2,1H3,(H,20,23). The molecule has 2 aromatic carbocycles. The van der Waals surface area contributed by atoms with Crippen LogP contribution in [-0.2, 0) is 6.54 Å². The van der Waals surface area contributed by atoms with Gasteiger partial charge in [-0.3, -0.25) is 0 Å². The van der Waals surface area contributed by atoms with Gasteiger partial charge in [0.1, 0.15) is 0 Å². The first-order chi connectivity index (χ1) is 11.6. The fourth-order valence-corrected chi connectivity index (χ4v) is 2.36. The van der Waals surface area contributed by atoms with Crippen molar-refractivity contribution in [1.29, 1.82) is 0 Å². The first-order valence-electron chi connectivity index (χ1n) is 7.43. The van der Waals surface area contributed by atoms with Gasteiger partial charge in [-0.1, -0.05) is 41.9 Å². The number of benzene rings is 2. The number of para-hydroxylation sites is 1. The van der Waals surface area contributed by atoms with Gasteiger partial charge in [0.2, 0.25) is 0 Å². The third-order valence-electron chi connectivity index (χ3n) is 3.52. The lowest BCUT2D eigenvalue weighted by Crippen LogP contribution is -2.26. The molecule has 0 aliphatic carbocycles. The van der Waals surface area contributed by atoms with Gasteiger partial charge < -0.3 is 10.1 Å². The Bertz CT molecular complexity index is 829. The highest BCUT2D eigenvalue weighted by Crippen LogP contribution is 2.20. The molecule has 1 heterocycles. The van der Waals surface area contributed by atoms with Crippen LogP contribution in [0.4, 0.5) is 4.79 Å². The van der Waals surface area contributed by atoms with Gasteiger partial charge in [0.05, 0.1) is 17.6 Å². The van der Waals surface area contributed by atoms with Gasteiger partial charge in [-0.05, 0) is 36.8 Å². The van der Waals surface area contributed by atoms with E-state index in [1.807, 2.05) is 49.4 Å². The van der Waals surface area contributed by atoms with E-state index in [0.717, 1.165) is 16.9 Å². The van der Waals surface area contributed by atoms with Crippen molar-refractivity contribution in [3.8, 4) is 11.4 Å². The molecule has 1 amide bonds. The van der Waals surface area contributed by atoms with E-state index in [1.54, 1.807) is 16.8 Å². The SMILES string of the molecule is Cc1c(OC(=O)NCc2ccc(Cl)cc2)cnn1-c1ccccc1. The Morgan fingerprint density at radius 1 is 1.17 bits per heavy atom. The van der Waals surface area contributed by atoms with Crippen molar-refractivity contribution in [3.63, 3.8) is 0 Å². The highest BCUT2D eigenvalue weighted by molar-refractivity contribution is 6.30. The van der Waals surface area contributed by atoms with Gasteiger partial charge in [0, 0.05) is 11.6 Å². The molecule has 0 saturated carbocycles. The van der Waals surface area contributed by atoms with Crippen molar-refractivity contribution in [3.05, 3.63) is 77.1 Å². The van der Waals surface area contributed by atoms with Gasteiger partial charge in [-0.25, -0.2) is 9.48 Å². The van der Waals surface area contributed by atoms with Crippen LogP contribution in [0, 0.1) is 6.92 Å². The average Bonchev–Trinajstić information content (AvgIpc) is 2.96. The Kier molecular flexibility index (Phi) is 4.82. The Balaban J connectivity index is 1.63. The molecule has 0 saturated heterocycles. The number of rotatable bonds is 4. The lowest BCUT2D eigenvalue weighted by atomic mass is 10.2. The summed E-state index contributed by atoms with van der Waals surface area (Å²) in [4.78, 5) is 12.0. The zero-order valence-corrected chi connectivity index (χ0v) is 13.8. The van der Waals surface area contributed by atoms with Crippen molar-refractivity contribution < 1.29 is 9.53 Å². The Hall–Kier alpha value is -2.79. The van der Waals surface area contributed by atoms with Crippen molar-refractivity contribution in [2.75, 3.05) is 0 Å². The first kappa shape index (κ1) is 16.1. The number of amides is 1. The van der Waals surface area contributed by atoms with E-state index in [2.05, 4.69) is 10.4 Å². The molecule has 122 valence electrons. The van der Waals surface area contributed by atoms with Gasteiger partial charge in [-0.2, -0.15) is 5.10 Å². The van der Waals surface area contributed by atoms with Crippen molar-refractivity contribution >= 4 is 17.7 Å². The highest BCUT2D eigenvalue weighted by Gasteiger charge is 2.12. The minimum absolute atomic E-state index is 0.363. The van der Waals surface area contributed by atoms with Crippen LogP contribution in [0.5, 0.6) is 5.75 Å². The zero-order valence-electron chi connectivity index (χ0n) is 13.1. The zero-order chi connectivity index (χ0) is 16.9. The Morgan fingerprint density at radius 2 is 1.88 bits per heavy atom. The second kappa shape index (κ2) is 7.19. The van der Waals surface area contributed by atoms with E-state index in [9.17, 15) is 4.79 Å². The smallest absolute Gasteiger partial charge is 0.407 e. The summed E-state index contributed by atoms with van der Waals surface area (Å²) in [6, 6.07) is 16.9. The second-order valence-electron chi connectivity index (χ2n) is 5.21. The molecule has 5 nitrogen and oxygen atoms in total. The predicted octanol–water partition coefficient (Wildman–Crippen LogP) is 4.12. The van der Waals surface area contributed by atoms with E-state index >= 15 is 0 Å². The molecule has 0 bridgehead atoms. The minimum atomic E-state index is -0.527. The monoisotopic (exact) mass is 341 g/mol. The number of hydrogen-bond donors (Lipinski definition) is 1. The molecule has 3 aromatic rings. The largest absolute Gasteiger partial charge is 0.412 e. The van der Waals surface area contributed by atoms with Crippen LogP contribution in [-0.4, -0.2) is 15.9 Å². The number of halogens is 1. The normalized spacial score (nSPS) is 10.4. The number of carbonyl (C=O) groups is 1. The highest BCUT2D eigenvalue weighted by atomic mass is 35.5. The Morgan fingerprint density at radius 3 is 2.58 bits per heavy atom. The maximum Gasteiger partial charge on any atom is 0.412 e. The van der Waals surface area contributed by atoms with Crippen molar-refractivity contribution in [2.24, 2.45) is 0 Å². The molecule has 0 aliphatic rings. The molecule has 6 heteroatoms. The molecule has 0 aliphatic heterocycles. The van der Waals surface area contributed by atoms with E-state index in [4.69, 9.17) is 16.3 Å². The van der Waals surface area contributed by atoms with Crippen LogP contribution in [0.25, 0.3) is 5.69 Å². The number of nitrogens with one attached hydrogen (secondary N) is 1. The maximum absolute atomic E-state index is 12.0. The fraction of sp³-hybridized carbons (Fsp3) is 0.111. The molecule has 0 spiro atoms. The lowest BCUT2D eigenvalue weighted by molar-refractivity contribution is 0.199. The summed E-state index contributed by atoms with van der Waals surface area (Å²) in [5.74, 6) is 0.424. The summed E-state index contributed by atoms with van der Waals surface area (Å²) in [5, 5.41) is 7.62. The lowest BCUT2D eigenvalue weighted by Gasteiger charge is -2.07. The van der Waals surface area contributed by atoms with E-state index < -0.39 is 6.09 Å². The summed E-state index contributed by atoms with van der Waals surface area (Å²) in [7, 11) is 0. The summed E-state index contributed by atoms with van der Waals surface area (Å²) in [5.41, 5.74) is 2.60. The van der Waals surface area contributed by atoms with Crippen LogP contribution >= 0.6 is 11.6 Å². The minimum Gasteiger partial charge on any atom is -0.407 e. The molecule has 0 radical (unpaired) electrons. The molecule has 1 aromatic heterocycles. The van der Waals surface area contributed by atoms with Crippen LogP contribution < -0.4 is 10.1 Å². The number of ether oxygens (including phenoxy) is 1. The van der Waals surface area contributed by atoms with Gasteiger partial charge in [0.15, 0.2) is 5.75 Å². The summed E-state index contributed by atoms with van der Waals surface area (Å²) < 4.78 is 7.06. The van der Waals surface area contributed by atoms with E-state index in [1.165, 1.54) is 6.20 Å². The van der Waals surface area contributed by atoms with E-state index in [0.29, 0.717) is 17.3 Å². The van der Waals surface area contributed by atoms with Crippen LogP contribution in [0.15, 0.2) is 60.8 Å². The molecule has 24 heavy (non-hydrogen) atoms. The fourth-order valence-electron chi connectivity index (χ4n) is 2.24. The van der Waals surface area contributed by atoms with Gasteiger partial charge in [0.25, 0.3) is 0 Å². The number of aromatic nitrogens is 2. The third kappa shape index (κ3) is 3.75.